The van der Waals surface area contributed by atoms with Crippen LogP contribution in [0, 0.1) is 5.82 Å². The quantitative estimate of drug-likeness (QED) is 0.758. The van der Waals surface area contributed by atoms with E-state index < -0.39 is 5.82 Å². The molecule has 78 valence electrons. The van der Waals surface area contributed by atoms with Crippen molar-refractivity contribution in [3.05, 3.63) is 24.4 Å². The zero-order chi connectivity index (χ0) is 10.8. The minimum atomic E-state index is -0.633. The van der Waals surface area contributed by atoms with Gasteiger partial charge in [0.25, 0.3) is 0 Å². The first-order valence-corrected chi connectivity index (χ1v) is 4.19. The predicted octanol–water partition coefficient (Wildman–Crippen LogP) is 0.675. The summed E-state index contributed by atoms with van der Waals surface area (Å²) in [6.45, 7) is 0. The maximum absolute atomic E-state index is 12.7. The lowest BCUT2D eigenvalue weighted by atomic mass is 10.5. The third-order valence-electron chi connectivity index (χ3n) is 1.73. The molecule has 0 saturated heterocycles. The number of anilines is 3. The van der Waals surface area contributed by atoms with Crippen LogP contribution >= 0.6 is 0 Å². The van der Waals surface area contributed by atoms with E-state index >= 15 is 0 Å². The predicted molar refractivity (Wildman–Crippen MR) is 52.9 cm³/mol. The second kappa shape index (κ2) is 3.52. The zero-order valence-electron chi connectivity index (χ0n) is 7.98. The third kappa shape index (κ3) is 2.01. The summed E-state index contributed by atoms with van der Waals surface area (Å²) in [5.74, 6) is -0.579. The van der Waals surface area contributed by atoms with Gasteiger partial charge >= 0.3 is 0 Å². The normalized spacial score (nSPS) is 10.3. The van der Waals surface area contributed by atoms with E-state index in [9.17, 15) is 4.39 Å². The molecule has 2 aromatic rings. The average molecular weight is 208 g/mol. The highest BCUT2D eigenvalue weighted by Crippen LogP contribution is 2.13. The van der Waals surface area contributed by atoms with Crippen molar-refractivity contribution in [2.75, 3.05) is 11.1 Å². The van der Waals surface area contributed by atoms with Gasteiger partial charge in [-0.15, -0.1) is 0 Å². The number of aryl methyl sites for hydroxylation is 1. The van der Waals surface area contributed by atoms with Gasteiger partial charge in [-0.3, -0.25) is 4.68 Å². The summed E-state index contributed by atoms with van der Waals surface area (Å²) < 4.78 is 14.4. The molecule has 6 nitrogen and oxygen atoms in total. The standard InChI is InChI=1S/C8H9FN6/c1-15-4-5(2-12-15)13-8-11-3-6(9)7(10)14-8/h2-4H,1H3,(H3,10,11,13,14). The van der Waals surface area contributed by atoms with E-state index in [1.807, 2.05) is 0 Å². The fourth-order valence-corrected chi connectivity index (χ4v) is 1.06. The first-order chi connectivity index (χ1) is 7.15. The van der Waals surface area contributed by atoms with Crippen molar-refractivity contribution in [2.45, 2.75) is 0 Å². The number of rotatable bonds is 2. The Morgan fingerprint density at radius 3 is 2.87 bits per heavy atom. The molecule has 0 saturated carbocycles. The van der Waals surface area contributed by atoms with E-state index in [4.69, 9.17) is 5.73 Å². The van der Waals surface area contributed by atoms with Gasteiger partial charge in [0, 0.05) is 13.2 Å². The SMILES string of the molecule is Cn1cc(Nc2ncc(F)c(N)n2)cn1. The van der Waals surface area contributed by atoms with Crippen molar-refractivity contribution in [1.82, 2.24) is 19.7 Å². The molecule has 0 aliphatic heterocycles. The highest BCUT2D eigenvalue weighted by Gasteiger charge is 2.03. The molecule has 15 heavy (non-hydrogen) atoms. The fourth-order valence-electron chi connectivity index (χ4n) is 1.06. The summed E-state index contributed by atoms with van der Waals surface area (Å²) in [6, 6.07) is 0. The molecule has 0 fully saturated rings. The van der Waals surface area contributed by atoms with Crippen molar-refractivity contribution in [3.8, 4) is 0 Å². The van der Waals surface area contributed by atoms with Gasteiger partial charge in [-0.25, -0.2) is 9.37 Å². The second-order valence-electron chi connectivity index (χ2n) is 2.95. The molecule has 0 radical (unpaired) electrons. The summed E-state index contributed by atoms with van der Waals surface area (Å²) in [5.41, 5.74) is 6.00. The molecule has 3 N–H and O–H groups in total. The Morgan fingerprint density at radius 2 is 2.27 bits per heavy atom. The summed E-state index contributed by atoms with van der Waals surface area (Å²) in [4.78, 5) is 7.45. The summed E-state index contributed by atoms with van der Waals surface area (Å²) in [6.07, 6.45) is 4.35. The van der Waals surface area contributed by atoms with Crippen LogP contribution in [0.25, 0.3) is 0 Å². The molecule has 2 aromatic heterocycles. The molecule has 0 bridgehead atoms. The number of aromatic nitrogens is 4. The minimum absolute atomic E-state index is 0.184. The summed E-state index contributed by atoms with van der Waals surface area (Å²) in [7, 11) is 1.78. The zero-order valence-corrected chi connectivity index (χ0v) is 7.98. The van der Waals surface area contributed by atoms with Gasteiger partial charge < -0.3 is 11.1 Å². The van der Waals surface area contributed by atoms with Gasteiger partial charge in [0.1, 0.15) is 0 Å². The molecule has 0 atom stereocenters. The van der Waals surface area contributed by atoms with Crippen molar-refractivity contribution in [1.29, 1.82) is 0 Å². The van der Waals surface area contributed by atoms with Crippen molar-refractivity contribution in [3.63, 3.8) is 0 Å². The van der Waals surface area contributed by atoms with Gasteiger partial charge in [-0.1, -0.05) is 0 Å². The number of halogens is 1. The number of nitrogen functional groups attached to an aromatic ring is 1. The maximum Gasteiger partial charge on any atom is 0.229 e. The maximum atomic E-state index is 12.7. The number of nitrogens with one attached hydrogen (secondary N) is 1. The lowest BCUT2D eigenvalue weighted by Gasteiger charge is -2.01. The molecule has 0 aromatic carbocycles. The van der Waals surface area contributed by atoms with Crippen LogP contribution in [0.1, 0.15) is 0 Å². The van der Waals surface area contributed by atoms with Crippen LogP contribution in [0.2, 0.25) is 0 Å². The van der Waals surface area contributed by atoms with Crippen LogP contribution in [0.15, 0.2) is 18.6 Å². The molecular formula is C8H9FN6. The summed E-state index contributed by atoms with van der Waals surface area (Å²) >= 11 is 0. The molecule has 0 unspecified atom stereocenters. The molecular weight excluding hydrogens is 199 g/mol. The van der Waals surface area contributed by atoms with E-state index in [1.165, 1.54) is 0 Å². The molecule has 0 aliphatic rings. The van der Waals surface area contributed by atoms with E-state index in [0.717, 1.165) is 6.20 Å². The van der Waals surface area contributed by atoms with E-state index in [0.29, 0.717) is 5.69 Å². The number of nitrogens with zero attached hydrogens (tertiary/aromatic N) is 4. The number of hydrogen-bond donors (Lipinski definition) is 2. The first-order valence-electron chi connectivity index (χ1n) is 4.19. The van der Waals surface area contributed by atoms with Gasteiger partial charge in [0.15, 0.2) is 11.6 Å². The van der Waals surface area contributed by atoms with Gasteiger partial charge in [0.05, 0.1) is 18.1 Å². The van der Waals surface area contributed by atoms with Crippen molar-refractivity contribution >= 4 is 17.5 Å². The Morgan fingerprint density at radius 1 is 1.47 bits per heavy atom. The van der Waals surface area contributed by atoms with Crippen LogP contribution < -0.4 is 11.1 Å². The Hall–Kier alpha value is -2.18. The smallest absolute Gasteiger partial charge is 0.229 e. The molecule has 2 rings (SSSR count). The average Bonchev–Trinajstić information content (AvgIpc) is 2.58. The molecule has 2 heterocycles. The summed E-state index contributed by atoms with van der Waals surface area (Å²) in [5, 5.41) is 6.79. The highest BCUT2D eigenvalue weighted by molar-refractivity contribution is 5.51. The third-order valence-corrected chi connectivity index (χ3v) is 1.73. The van der Waals surface area contributed by atoms with Gasteiger partial charge in [-0.2, -0.15) is 10.1 Å². The van der Waals surface area contributed by atoms with Crippen LogP contribution in [-0.4, -0.2) is 19.7 Å². The minimum Gasteiger partial charge on any atom is -0.381 e. The lowest BCUT2D eigenvalue weighted by molar-refractivity contribution is 0.620. The van der Waals surface area contributed by atoms with Crippen LogP contribution in [0.4, 0.5) is 21.8 Å². The second-order valence-corrected chi connectivity index (χ2v) is 2.95. The fraction of sp³-hybridized carbons (Fsp3) is 0.125. The molecule has 7 heteroatoms. The molecule has 0 spiro atoms. The Labute approximate surface area is 85.0 Å². The first kappa shape index (κ1) is 9.38. The van der Waals surface area contributed by atoms with Gasteiger partial charge in [-0.05, 0) is 0 Å². The topological polar surface area (TPSA) is 81.7 Å². The van der Waals surface area contributed by atoms with Crippen LogP contribution in [-0.2, 0) is 7.05 Å². The Bertz CT molecular complexity index is 480. The van der Waals surface area contributed by atoms with Crippen LogP contribution in [0.3, 0.4) is 0 Å². The monoisotopic (exact) mass is 208 g/mol. The van der Waals surface area contributed by atoms with E-state index in [2.05, 4.69) is 20.4 Å². The Balaban J connectivity index is 2.21. The van der Waals surface area contributed by atoms with Gasteiger partial charge in [0.2, 0.25) is 5.95 Å². The highest BCUT2D eigenvalue weighted by atomic mass is 19.1. The number of nitrogens with two attached hydrogens (primary N) is 1. The Kier molecular flexibility index (Phi) is 2.20. The van der Waals surface area contributed by atoms with Crippen molar-refractivity contribution in [2.24, 2.45) is 7.05 Å². The largest absolute Gasteiger partial charge is 0.381 e. The number of hydrogen-bond acceptors (Lipinski definition) is 5. The lowest BCUT2D eigenvalue weighted by Crippen LogP contribution is -2.01. The van der Waals surface area contributed by atoms with Crippen molar-refractivity contribution < 1.29 is 4.39 Å². The van der Waals surface area contributed by atoms with E-state index in [1.54, 1.807) is 24.1 Å². The van der Waals surface area contributed by atoms with E-state index in [-0.39, 0.29) is 11.8 Å². The molecule has 0 aliphatic carbocycles. The molecule has 0 amide bonds. The van der Waals surface area contributed by atoms with Crippen LogP contribution in [0.5, 0.6) is 0 Å².